The van der Waals surface area contributed by atoms with E-state index in [1.807, 2.05) is 49.0 Å². The minimum atomic E-state index is -0.753. The molecule has 0 atom stereocenters. The summed E-state index contributed by atoms with van der Waals surface area (Å²) in [5.74, 6) is -0.753. The number of nitrogens with one attached hydrogen (secondary N) is 1. The van der Waals surface area contributed by atoms with Gasteiger partial charge >= 0.3 is 5.97 Å². The third-order valence-corrected chi connectivity index (χ3v) is 5.52. The zero-order valence-electron chi connectivity index (χ0n) is 16.8. The van der Waals surface area contributed by atoms with Crippen LogP contribution in [0.4, 0.5) is 0 Å². The number of nitrogens with zero attached hydrogens (tertiary/aromatic N) is 2. The molecule has 0 aliphatic heterocycles. The molecule has 0 aliphatic carbocycles. The Kier molecular flexibility index (Phi) is 6.71. The maximum absolute atomic E-state index is 11.7. The van der Waals surface area contributed by atoms with Crippen LogP contribution < -0.4 is 5.32 Å². The van der Waals surface area contributed by atoms with Gasteiger partial charge in [0.25, 0.3) is 0 Å². The van der Waals surface area contributed by atoms with Crippen molar-refractivity contribution in [3.05, 3.63) is 41.0 Å². The Balaban J connectivity index is 2.32. The van der Waals surface area contributed by atoms with Crippen LogP contribution in [-0.2, 0) is 16.9 Å². The van der Waals surface area contributed by atoms with Crippen molar-refractivity contribution in [2.24, 2.45) is 5.41 Å². The number of hydrogen-bond acceptors (Lipinski definition) is 3. The maximum atomic E-state index is 11.7. The molecule has 2 aromatic rings. The van der Waals surface area contributed by atoms with Gasteiger partial charge in [-0.25, -0.2) is 0 Å². The molecule has 27 heavy (non-hydrogen) atoms. The smallest absolute Gasteiger partial charge is 0.310 e. The Hall–Kier alpha value is -1.85. The predicted molar refractivity (Wildman–Crippen MR) is 110 cm³/mol. The van der Waals surface area contributed by atoms with Crippen LogP contribution in [0.25, 0.3) is 11.3 Å². The highest BCUT2D eigenvalue weighted by Crippen LogP contribution is 2.31. The second-order valence-corrected chi connectivity index (χ2v) is 8.40. The lowest BCUT2D eigenvalue weighted by molar-refractivity contribution is -0.149. The lowest BCUT2D eigenvalue weighted by Gasteiger charge is -2.27. The summed E-state index contributed by atoms with van der Waals surface area (Å²) >= 11 is 6.40. The highest BCUT2D eigenvalue weighted by Gasteiger charge is 2.34. The van der Waals surface area contributed by atoms with Gasteiger partial charge in [-0.1, -0.05) is 43.6 Å². The molecule has 2 N–H and O–H groups in total. The second kappa shape index (κ2) is 8.44. The van der Waals surface area contributed by atoms with Crippen LogP contribution in [0, 0.1) is 5.41 Å². The fourth-order valence-corrected chi connectivity index (χ4v) is 3.30. The maximum Gasteiger partial charge on any atom is 0.310 e. The van der Waals surface area contributed by atoms with E-state index in [2.05, 4.69) is 26.1 Å². The zero-order chi connectivity index (χ0) is 20.2. The number of halogens is 1. The molecular formula is C21H30ClN3O2. The van der Waals surface area contributed by atoms with Gasteiger partial charge in [0.05, 0.1) is 21.7 Å². The molecule has 0 radical (unpaired) electrons. The molecule has 0 spiro atoms. The van der Waals surface area contributed by atoms with Crippen LogP contribution in [0.1, 0.15) is 53.0 Å². The number of carbonyl (C=O) groups is 1. The monoisotopic (exact) mass is 391 g/mol. The van der Waals surface area contributed by atoms with Crippen molar-refractivity contribution in [2.45, 2.75) is 59.5 Å². The topological polar surface area (TPSA) is 67.2 Å². The normalized spacial score (nSPS) is 12.4. The molecule has 1 aromatic carbocycles. The summed E-state index contributed by atoms with van der Waals surface area (Å²) in [5.41, 5.74) is 1.81. The fraction of sp³-hybridized carbons (Fsp3) is 0.524. The van der Waals surface area contributed by atoms with Gasteiger partial charge in [-0.05, 0) is 39.7 Å². The number of aliphatic carboxylic acids is 1. The van der Waals surface area contributed by atoms with Crippen LogP contribution in [0.5, 0.6) is 0 Å². The molecule has 1 heterocycles. The summed E-state index contributed by atoms with van der Waals surface area (Å²) in [6.07, 6.45) is 3.20. The Labute approximate surface area is 166 Å². The van der Waals surface area contributed by atoms with Gasteiger partial charge in [-0.3, -0.25) is 9.48 Å². The number of benzene rings is 1. The first-order valence-corrected chi connectivity index (χ1v) is 9.80. The minimum absolute atomic E-state index is 0.161. The molecule has 0 aliphatic rings. The summed E-state index contributed by atoms with van der Waals surface area (Å²) in [6.45, 7) is 11.1. The highest BCUT2D eigenvalue weighted by atomic mass is 35.5. The van der Waals surface area contributed by atoms with E-state index in [0.717, 1.165) is 16.8 Å². The predicted octanol–water partition coefficient (Wildman–Crippen LogP) is 4.94. The number of carboxylic acids is 1. The molecule has 148 valence electrons. The molecule has 0 saturated carbocycles. The van der Waals surface area contributed by atoms with Gasteiger partial charge < -0.3 is 10.4 Å². The van der Waals surface area contributed by atoms with E-state index in [1.165, 1.54) is 0 Å². The van der Waals surface area contributed by atoms with Crippen molar-refractivity contribution >= 4 is 17.6 Å². The average Bonchev–Trinajstić information content (AvgIpc) is 3.03. The van der Waals surface area contributed by atoms with Gasteiger partial charge in [0.15, 0.2) is 0 Å². The van der Waals surface area contributed by atoms with Crippen LogP contribution in [0.2, 0.25) is 5.02 Å². The highest BCUT2D eigenvalue weighted by molar-refractivity contribution is 6.33. The van der Waals surface area contributed by atoms with Crippen LogP contribution >= 0.6 is 11.6 Å². The third-order valence-electron chi connectivity index (χ3n) is 5.19. The largest absolute Gasteiger partial charge is 0.481 e. The average molecular weight is 392 g/mol. The Bertz CT molecular complexity index is 789. The fourth-order valence-electron chi connectivity index (χ4n) is 3.08. The first-order valence-electron chi connectivity index (χ1n) is 9.42. The molecule has 0 bridgehead atoms. The van der Waals surface area contributed by atoms with Crippen LogP contribution in [0.3, 0.4) is 0 Å². The van der Waals surface area contributed by atoms with E-state index < -0.39 is 11.4 Å². The third kappa shape index (κ3) is 4.71. The van der Waals surface area contributed by atoms with Crippen molar-refractivity contribution in [3.8, 4) is 11.3 Å². The quantitative estimate of drug-likeness (QED) is 0.668. The molecule has 5 nitrogen and oxygen atoms in total. The standard InChI is InChI=1S/C21H30ClN3O2/c1-6-21(7-2,19(26)27)14-23-12-15-13-25(20(3,4)5)24-18(15)16-10-8-9-11-17(16)22/h8-11,13,23H,6-7,12,14H2,1-5H3,(H,26,27). The Morgan fingerprint density at radius 2 is 1.85 bits per heavy atom. The lowest BCUT2D eigenvalue weighted by atomic mass is 9.82. The number of hydrogen-bond donors (Lipinski definition) is 2. The van der Waals surface area contributed by atoms with Crippen molar-refractivity contribution in [3.63, 3.8) is 0 Å². The molecule has 0 unspecified atom stereocenters. The van der Waals surface area contributed by atoms with Gasteiger partial charge in [0.1, 0.15) is 0 Å². The summed E-state index contributed by atoms with van der Waals surface area (Å²) in [5, 5.41) is 18.4. The first-order chi connectivity index (χ1) is 12.6. The van der Waals surface area contributed by atoms with Crippen LogP contribution in [0.15, 0.2) is 30.5 Å². The molecule has 2 rings (SSSR count). The summed E-state index contributed by atoms with van der Waals surface area (Å²) in [4.78, 5) is 11.7. The van der Waals surface area contributed by atoms with Gasteiger partial charge in [0.2, 0.25) is 0 Å². The van der Waals surface area contributed by atoms with E-state index in [9.17, 15) is 9.90 Å². The summed E-state index contributed by atoms with van der Waals surface area (Å²) in [6, 6.07) is 7.65. The van der Waals surface area contributed by atoms with Crippen molar-refractivity contribution in [2.75, 3.05) is 6.54 Å². The van der Waals surface area contributed by atoms with E-state index in [1.54, 1.807) is 0 Å². The van der Waals surface area contributed by atoms with E-state index in [-0.39, 0.29) is 5.54 Å². The van der Waals surface area contributed by atoms with Crippen molar-refractivity contribution in [1.29, 1.82) is 0 Å². The van der Waals surface area contributed by atoms with E-state index in [4.69, 9.17) is 16.7 Å². The van der Waals surface area contributed by atoms with Gasteiger partial charge in [-0.15, -0.1) is 0 Å². The van der Waals surface area contributed by atoms with Crippen LogP contribution in [-0.4, -0.2) is 27.4 Å². The molecular weight excluding hydrogens is 362 g/mol. The van der Waals surface area contributed by atoms with Gasteiger partial charge in [-0.2, -0.15) is 5.10 Å². The SMILES string of the molecule is CCC(CC)(CNCc1cn(C(C)(C)C)nc1-c1ccccc1Cl)C(=O)O. The Morgan fingerprint density at radius 1 is 1.22 bits per heavy atom. The molecule has 0 fully saturated rings. The zero-order valence-corrected chi connectivity index (χ0v) is 17.6. The number of rotatable bonds is 8. The lowest BCUT2D eigenvalue weighted by Crippen LogP contribution is -2.40. The summed E-state index contributed by atoms with van der Waals surface area (Å²) < 4.78 is 1.94. The summed E-state index contributed by atoms with van der Waals surface area (Å²) in [7, 11) is 0. The van der Waals surface area contributed by atoms with Crippen molar-refractivity contribution in [1.82, 2.24) is 15.1 Å². The second-order valence-electron chi connectivity index (χ2n) is 7.99. The molecule has 0 saturated heterocycles. The number of carboxylic acid groups (broad SMARTS) is 1. The Morgan fingerprint density at radius 3 is 2.37 bits per heavy atom. The molecule has 0 amide bonds. The van der Waals surface area contributed by atoms with Crippen molar-refractivity contribution < 1.29 is 9.90 Å². The molecule has 1 aromatic heterocycles. The molecule has 6 heteroatoms. The van der Waals surface area contributed by atoms with E-state index >= 15 is 0 Å². The van der Waals surface area contributed by atoms with E-state index in [0.29, 0.717) is 31.0 Å². The van der Waals surface area contributed by atoms with Gasteiger partial charge in [0, 0.05) is 30.4 Å². The number of aromatic nitrogens is 2. The first kappa shape index (κ1) is 21.5. The minimum Gasteiger partial charge on any atom is -0.481 e.